The van der Waals surface area contributed by atoms with Gasteiger partial charge in [0.1, 0.15) is 13.2 Å². The highest BCUT2D eigenvalue weighted by atomic mass is 16.6. The lowest BCUT2D eigenvalue weighted by atomic mass is 10.0. The van der Waals surface area contributed by atoms with E-state index in [1.54, 1.807) is 0 Å². The van der Waals surface area contributed by atoms with Gasteiger partial charge in [0.25, 0.3) is 0 Å². The van der Waals surface area contributed by atoms with E-state index in [4.69, 9.17) is 14.2 Å². The van der Waals surface area contributed by atoms with Crippen molar-refractivity contribution < 1.29 is 28.6 Å². The van der Waals surface area contributed by atoms with Crippen molar-refractivity contribution in [3.8, 4) is 0 Å². The molecule has 0 amide bonds. The maximum Gasteiger partial charge on any atom is 0.306 e. The lowest BCUT2D eigenvalue weighted by molar-refractivity contribution is -0.167. The quantitative estimate of drug-likeness (QED) is 0.0261. The molecule has 0 bridgehead atoms. The Morgan fingerprint density at radius 3 is 0.771 bits per heavy atom. The van der Waals surface area contributed by atoms with Crippen LogP contribution in [0.1, 0.15) is 342 Å². The molecule has 476 valence electrons. The van der Waals surface area contributed by atoms with Crippen molar-refractivity contribution in [2.45, 2.75) is 348 Å². The van der Waals surface area contributed by atoms with Gasteiger partial charge >= 0.3 is 17.9 Å². The fourth-order valence-corrected chi connectivity index (χ4v) is 9.97. The summed E-state index contributed by atoms with van der Waals surface area (Å²) in [7, 11) is 0. The van der Waals surface area contributed by atoms with Crippen molar-refractivity contribution in [2.75, 3.05) is 13.2 Å². The maximum absolute atomic E-state index is 13.0. The SMILES string of the molecule is CC/C=C\C/C=C\C/C=C\C/C=C\C/C=C\C/C=C\C/C=C\CCCCCCCC(=O)OCC(COC(=O)CCCCCCC/C=C\C/C=C\CCCC)OC(=O)CCCCCCCCCCCCCCCCCCCCCCCCCC. The summed E-state index contributed by atoms with van der Waals surface area (Å²) in [5.74, 6) is -0.908. The Labute approximate surface area is 514 Å². The van der Waals surface area contributed by atoms with Crippen molar-refractivity contribution >= 4 is 17.9 Å². The summed E-state index contributed by atoms with van der Waals surface area (Å²) in [6.45, 7) is 6.50. The van der Waals surface area contributed by atoms with E-state index < -0.39 is 6.10 Å². The molecule has 6 nitrogen and oxygen atoms in total. The zero-order valence-electron chi connectivity index (χ0n) is 54.7. The largest absolute Gasteiger partial charge is 0.462 e. The highest BCUT2D eigenvalue weighted by Gasteiger charge is 2.19. The molecular weight excluding hydrogens is 1020 g/mol. The van der Waals surface area contributed by atoms with Crippen LogP contribution in [0, 0.1) is 0 Å². The fraction of sp³-hybridized carbons (Fsp3) is 0.727. The molecule has 0 aromatic carbocycles. The third-order valence-electron chi connectivity index (χ3n) is 15.3. The van der Waals surface area contributed by atoms with Crippen LogP contribution in [-0.2, 0) is 28.6 Å². The van der Waals surface area contributed by atoms with Gasteiger partial charge in [-0.1, -0.05) is 329 Å². The van der Waals surface area contributed by atoms with E-state index in [-0.39, 0.29) is 31.1 Å². The van der Waals surface area contributed by atoms with Gasteiger partial charge in [-0.3, -0.25) is 14.4 Å². The Morgan fingerprint density at radius 1 is 0.253 bits per heavy atom. The number of hydrogen-bond acceptors (Lipinski definition) is 6. The van der Waals surface area contributed by atoms with Gasteiger partial charge < -0.3 is 14.2 Å². The standard InChI is InChI=1S/C77H132O6/c1-4-7-10-13-16-19-22-25-28-30-32-34-36-38-39-40-42-43-45-47-49-52-55-58-61-64-67-70-76(79)82-73-74(72-81-75(78)69-66-63-60-57-54-51-27-24-21-18-15-12-9-6-3)83-77(80)71-68-65-62-59-56-53-50-48-46-44-41-37-35-33-31-29-26-23-20-17-14-11-8-5-2/h7,10,15-16,18-19,24-25,27-28,32,34,38-39,42-43,47,49,74H,4-6,8-9,11-14,17,20-23,26,29-31,33,35-37,40-41,44-46,48,50-73H2,1-3H3/b10-7-,18-15-,19-16-,27-24-,28-25-,34-32-,39-38-,43-42-,49-47-. The summed E-state index contributed by atoms with van der Waals surface area (Å²) in [6, 6.07) is 0. The fourth-order valence-electron chi connectivity index (χ4n) is 9.97. The lowest BCUT2D eigenvalue weighted by Gasteiger charge is -2.18. The Morgan fingerprint density at radius 2 is 0.482 bits per heavy atom. The molecule has 0 heterocycles. The van der Waals surface area contributed by atoms with Crippen LogP contribution in [0.3, 0.4) is 0 Å². The average molecular weight is 1150 g/mol. The molecule has 0 aliphatic rings. The number of unbranched alkanes of at least 4 members (excludes halogenated alkanes) is 35. The van der Waals surface area contributed by atoms with Crippen molar-refractivity contribution in [1.82, 2.24) is 0 Å². The summed E-state index contributed by atoms with van der Waals surface area (Å²) in [5, 5.41) is 0. The lowest BCUT2D eigenvalue weighted by Crippen LogP contribution is -2.30. The molecule has 6 heteroatoms. The van der Waals surface area contributed by atoms with Gasteiger partial charge in [0.05, 0.1) is 0 Å². The molecule has 83 heavy (non-hydrogen) atoms. The van der Waals surface area contributed by atoms with Crippen LogP contribution >= 0.6 is 0 Å². The van der Waals surface area contributed by atoms with Gasteiger partial charge in [-0.15, -0.1) is 0 Å². The smallest absolute Gasteiger partial charge is 0.306 e. The molecule has 0 aromatic heterocycles. The summed E-state index contributed by atoms with van der Waals surface area (Å²) < 4.78 is 17.0. The number of carbonyl (C=O) groups is 3. The molecular formula is C77H132O6. The van der Waals surface area contributed by atoms with Crippen LogP contribution < -0.4 is 0 Å². The molecule has 0 rings (SSSR count). The Balaban J connectivity index is 4.36. The molecule has 0 radical (unpaired) electrons. The first-order valence-electron chi connectivity index (χ1n) is 35.4. The van der Waals surface area contributed by atoms with Crippen LogP contribution in [-0.4, -0.2) is 37.2 Å². The maximum atomic E-state index is 13.0. The zero-order valence-corrected chi connectivity index (χ0v) is 54.7. The average Bonchev–Trinajstić information content (AvgIpc) is 3.50. The predicted molar refractivity (Wildman–Crippen MR) is 362 cm³/mol. The monoisotopic (exact) mass is 1150 g/mol. The number of rotatable bonds is 64. The van der Waals surface area contributed by atoms with Gasteiger partial charge in [-0.2, -0.15) is 0 Å². The van der Waals surface area contributed by atoms with Crippen LogP contribution in [0.15, 0.2) is 109 Å². The Hall–Kier alpha value is -3.93. The third-order valence-corrected chi connectivity index (χ3v) is 15.3. The van der Waals surface area contributed by atoms with Crippen LogP contribution in [0.25, 0.3) is 0 Å². The Bertz CT molecular complexity index is 1660. The summed E-state index contributed by atoms with van der Waals surface area (Å²) in [6.07, 6.45) is 96.8. The van der Waals surface area contributed by atoms with E-state index in [0.29, 0.717) is 19.3 Å². The number of allylic oxidation sites excluding steroid dienone is 18. The van der Waals surface area contributed by atoms with E-state index in [1.165, 1.54) is 154 Å². The summed E-state index contributed by atoms with van der Waals surface area (Å²) >= 11 is 0. The van der Waals surface area contributed by atoms with Crippen LogP contribution in [0.4, 0.5) is 0 Å². The van der Waals surface area contributed by atoms with Crippen molar-refractivity contribution in [1.29, 1.82) is 0 Å². The van der Waals surface area contributed by atoms with E-state index in [2.05, 4.69) is 130 Å². The second kappa shape index (κ2) is 70.6. The van der Waals surface area contributed by atoms with E-state index in [1.807, 2.05) is 0 Å². The van der Waals surface area contributed by atoms with Crippen molar-refractivity contribution in [3.63, 3.8) is 0 Å². The van der Waals surface area contributed by atoms with Crippen molar-refractivity contribution in [3.05, 3.63) is 109 Å². The van der Waals surface area contributed by atoms with Gasteiger partial charge in [0.2, 0.25) is 0 Å². The number of ether oxygens (including phenoxy) is 3. The molecule has 0 aliphatic heterocycles. The predicted octanol–water partition coefficient (Wildman–Crippen LogP) is 24.6. The topological polar surface area (TPSA) is 78.9 Å². The van der Waals surface area contributed by atoms with Crippen LogP contribution in [0.5, 0.6) is 0 Å². The minimum atomic E-state index is -0.794. The minimum Gasteiger partial charge on any atom is -0.462 e. The van der Waals surface area contributed by atoms with Crippen molar-refractivity contribution in [2.24, 2.45) is 0 Å². The highest BCUT2D eigenvalue weighted by molar-refractivity contribution is 5.71. The number of esters is 3. The molecule has 0 spiro atoms. The zero-order chi connectivity index (χ0) is 59.9. The third kappa shape index (κ3) is 68.7. The van der Waals surface area contributed by atoms with E-state index in [9.17, 15) is 14.4 Å². The molecule has 0 N–H and O–H groups in total. The first-order valence-corrected chi connectivity index (χ1v) is 35.4. The normalized spacial score (nSPS) is 12.8. The molecule has 1 unspecified atom stereocenters. The first kappa shape index (κ1) is 79.1. The first-order chi connectivity index (χ1) is 41.0. The van der Waals surface area contributed by atoms with E-state index in [0.717, 1.165) is 148 Å². The van der Waals surface area contributed by atoms with Gasteiger partial charge in [-0.25, -0.2) is 0 Å². The second-order valence-electron chi connectivity index (χ2n) is 23.4. The van der Waals surface area contributed by atoms with Gasteiger partial charge in [0.15, 0.2) is 6.10 Å². The molecule has 0 aliphatic carbocycles. The van der Waals surface area contributed by atoms with Crippen LogP contribution in [0.2, 0.25) is 0 Å². The number of hydrogen-bond donors (Lipinski definition) is 0. The second-order valence-corrected chi connectivity index (χ2v) is 23.4. The molecule has 1 atom stereocenters. The Kier molecular flexibility index (Phi) is 67.2. The molecule has 0 saturated carbocycles. The molecule has 0 fully saturated rings. The molecule has 0 saturated heterocycles. The van der Waals surface area contributed by atoms with Gasteiger partial charge in [-0.05, 0) is 103 Å². The molecule has 0 aromatic rings. The summed E-state index contributed by atoms with van der Waals surface area (Å²) in [4.78, 5) is 38.4. The minimum absolute atomic E-state index is 0.0900. The number of carbonyl (C=O) groups excluding carboxylic acids is 3. The highest BCUT2D eigenvalue weighted by Crippen LogP contribution is 2.17. The van der Waals surface area contributed by atoms with E-state index >= 15 is 0 Å². The van der Waals surface area contributed by atoms with Gasteiger partial charge in [0, 0.05) is 19.3 Å². The summed E-state index contributed by atoms with van der Waals surface area (Å²) in [5.41, 5.74) is 0.